The molecule has 1 heterocycles. The minimum absolute atomic E-state index is 0.0110. The molecule has 1 aliphatic heterocycles. The van der Waals surface area contributed by atoms with E-state index in [-0.39, 0.29) is 18.0 Å². The van der Waals surface area contributed by atoms with E-state index in [9.17, 15) is 5.11 Å². The highest BCUT2D eigenvalue weighted by molar-refractivity contribution is 5.13. The molecule has 1 saturated heterocycles. The smallest absolute Gasteiger partial charge is 0.169 e. The first kappa shape index (κ1) is 8.89. The van der Waals surface area contributed by atoms with Gasteiger partial charge in [-0.2, -0.15) is 0 Å². The molecule has 2 fully saturated rings. The number of aliphatic hydroxyl groups excluding tert-OH is 1. The fourth-order valence-electron chi connectivity index (χ4n) is 2.73. The predicted molar refractivity (Wildman–Crippen MR) is 50.7 cm³/mol. The van der Waals surface area contributed by atoms with Gasteiger partial charge in [0.2, 0.25) is 0 Å². The summed E-state index contributed by atoms with van der Waals surface area (Å²) in [5.74, 6) is -0.362. The normalized spacial score (nSPS) is 44.5. The van der Waals surface area contributed by atoms with E-state index in [1.807, 2.05) is 6.08 Å². The Balaban J connectivity index is 1.77. The van der Waals surface area contributed by atoms with E-state index in [4.69, 9.17) is 9.47 Å². The van der Waals surface area contributed by atoms with Crippen molar-refractivity contribution in [3.63, 3.8) is 0 Å². The van der Waals surface area contributed by atoms with Crippen LogP contribution >= 0.6 is 0 Å². The van der Waals surface area contributed by atoms with Gasteiger partial charge in [-0.25, -0.2) is 0 Å². The number of aliphatic hydroxyl groups is 1. The summed E-state index contributed by atoms with van der Waals surface area (Å²) in [4.78, 5) is 0. The van der Waals surface area contributed by atoms with Gasteiger partial charge in [0.1, 0.15) is 18.3 Å². The number of hydrogen-bond acceptors (Lipinski definition) is 3. The molecular weight excluding hydrogens is 180 g/mol. The average molecular weight is 196 g/mol. The van der Waals surface area contributed by atoms with Crippen LogP contribution < -0.4 is 0 Å². The molecule has 0 aromatic heterocycles. The van der Waals surface area contributed by atoms with Crippen LogP contribution in [0.4, 0.5) is 0 Å². The van der Waals surface area contributed by atoms with Crippen LogP contribution in [0.25, 0.3) is 0 Å². The molecule has 0 unspecified atom stereocenters. The quantitative estimate of drug-likeness (QED) is 0.594. The zero-order valence-corrected chi connectivity index (χ0v) is 8.19. The maximum atomic E-state index is 9.62. The minimum atomic E-state index is -0.471. The lowest BCUT2D eigenvalue weighted by molar-refractivity contribution is -0.197. The number of hydrogen-bond donors (Lipinski definition) is 1. The second-order valence-corrected chi connectivity index (χ2v) is 4.51. The molecule has 78 valence electrons. The van der Waals surface area contributed by atoms with Crippen molar-refractivity contribution >= 4 is 0 Å². The molecule has 3 heteroatoms. The van der Waals surface area contributed by atoms with E-state index in [0.29, 0.717) is 0 Å². The topological polar surface area (TPSA) is 38.7 Å². The van der Waals surface area contributed by atoms with Gasteiger partial charge in [0.25, 0.3) is 0 Å². The first-order valence-corrected chi connectivity index (χ1v) is 5.51. The van der Waals surface area contributed by atoms with Crippen LogP contribution in [-0.2, 0) is 9.47 Å². The maximum absolute atomic E-state index is 9.62. The Bertz CT molecular complexity index is 255. The van der Waals surface area contributed by atoms with E-state index in [1.54, 1.807) is 6.08 Å². The summed E-state index contributed by atoms with van der Waals surface area (Å²) < 4.78 is 11.8. The third-order valence-electron chi connectivity index (χ3n) is 3.48. The largest absolute Gasteiger partial charge is 0.386 e. The highest BCUT2D eigenvalue weighted by Gasteiger charge is 2.50. The number of rotatable bonds is 0. The van der Waals surface area contributed by atoms with Crippen LogP contribution in [0.2, 0.25) is 0 Å². The highest BCUT2D eigenvalue weighted by Crippen LogP contribution is 2.43. The summed E-state index contributed by atoms with van der Waals surface area (Å²) in [5, 5.41) is 9.62. The Hall–Kier alpha value is -0.380. The van der Waals surface area contributed by atoms with E-state index in [2.05, 4.69) is 0 Å². The third-order valence-corrected chi connectivity index (χ3v) is 3.48. The van der Waals surface area contributed by atoms with E-state index < -0.39 is 6.10 Å². The van der Waals surface area contributed by atoms with Crippen molar-refractivity contribution in [2.24, 2.45) is 0 Å². The van der Waals surface area contributed by atoms with Gasteiger partial charge in [-0.15, -0.1) is 0 Å². The SMILES string of the molecule is O[C@H]1C=C[C@H]2OC3(CCCCC3)O[C@@H]12. The standard InChI is InChI=1S/C11H16O3/c12-8-4-5-9-10(8)14-11(13-9)6-2-1-3-7-11/h4-5,8-10,12H,1-3,6-7H2/t8-,9+,10-/m0/s1. The van der Waals surface area contributed by atoms with Crippen molar-refractivity contribution in [1.82, 2.24) is 0 Å². The predicted octanol–water partition coefficient (Wildman–Crippen LogP) is 1.36. The van der Waals surface area contributed by atoms with Crippen molar-refractivity contribution in [1.29, 1.82) is 0 Å². The van der Waals surface area contributed by atoms with Gasteiger partial charge in [0.05, 0.1) is 0 Å². The highest BCUT2D eigenvalue weighted by atomic mass is 16.8. The maximum Gasteiger partial charge on any atom is 0.169 e. The summed E-state index contributed by atoms with van der Waals surface area (Å²) in [7, 11) is 0. The molecule has 3 aliphatic rings. The van der Waals surface area contributed by atoms with Crippen LogP contribution in [0.1, 0.15) is 32.1 Å². The molecule has 1 saturated carbocycles. The Kier molecular flexibility index (Phi) is 1.94. The van der Waals surface area contributed by atoms with Gasteiger partial charge in [0, 0.05) is 12.8 Å². The van der Waals surface area contributed by atoms with Crippen LogP contribution in [0, 0.1) is 0 Å². The summed E-state index contributed by atoms with van der Waals surface area (Å²) >= 11 is 0. The van der Waals surface area contributed by atoms with Gasteiger partial charge in [-0.05, 0) is 12.8 Å². The second-order valence-electron chi connectivity index (χ2n) is 4.51. The molecule has 3 rings (SSSR count). The second kappa shape index (κ2) is 3.05. The monoisotopic (exact) mass is 196 g/mol. The van der Waals surface area contributed by atoms with Gasteiger partial charge in [-0.3, -0.25) is 0 Å². The zero-order chi connectivity index (χ0) is 9.60. The molecule has 1 spiro atoms. The zero-order valence-electron chi connectivity index (χ0n) is 8.19. The summed E-state index contributed by atoms with van der Waals surface area (Å²) in [6, 6.07) is 0. The lowest BCUT2D eigenvalue weighted by atomic mass is 9.94. The lowest BCUT2D eigenvalue weighted by Gasteiger charge is -2.32. The lowest BCUT2D eigenvalue weighted by Crippen LogP contribution is -2.35. The molecular formula is C11H16O3. The molecule has 0 bridgehead atoms. The molecule has 14 heavy (non-hydrogen) atoms. The molecule has 3 nitrogen and oxygen atoms in total. The van der Waals surface area contributed by atoms with E-state index >= 15 is 0 Å². The average Bonchev–Trinajstić information content (AvgIpc) is 2.68. The van der Waals surface area contributed by atoms with Gasteiger partial charge in [0.15, 0.2) is 5.79 Å². The van der Waals surface area contributed by atoms with Crippen molar-refractivity contribution < 1.29 is 14.6 Å². The molecule has 0 radical (unpaired) electrons. The fourth-order valence-corrected chi connectivity index (χ4v) is 2.73. The van der Waals surface area contributed by atoms with Crippen LogP contribution in [0.15, 0.2) is 12.2 Å². The van der Waals surface area contributed by atoms with E-state index in [0.717, 1.165) is 12.8 Å². The van der Waals surface area contributed by atoms with Crippen molar-refractivity contribution in [3.05, 3.63) is 12.2 Å². The molecule has 0 aromatic rings. The van der Waals surface area contributed by atoms with Gasteiger partial charge < -0.3 is 14.6 Å². The molecule has 0 aromatic carbocycles. The molecule has 0 amide bonds. The Morgan fingerprint density at radius 2 is 1.86 bits per heavy atom. The van der Waals surface area contributed by atoms with Gasteiger partial charge in [-0.1, -0.05) is 18.6 Å². The number of fused-ring (bicyclic) bond motifs is 1. The van der Waals surface area contributed by atoms with Crippen LogP contribution in [-0.4, -0.2) is 29.2 Å². The summed E-state index contributed by atoms with van der Waals surface area (Å²) in [6.07, 6.45) is 8.68. The molecule has 2 aliphatic carbocycles. The van der Waals surface area contributed by atoms with Crippen molar-refractivity contribution in [2.75, 3.05) is 0 Å². The van der Waals surface area contributed by atoms with Gasteiger partial charge >= 0.3 is 0 Å². The van der Waals surface area contributed by atoms with E-state index in [1.165, 1.54) is 19.3 Å². The summed E-state index contributed by atoms with van der Waals surface area (Å²) in [5.41, 5.74) is 0. The fraction of sp³-hybridized carbons (Fsp3) is 0.818. The van der Waals surface area contributed by atoms with Crippen LogP contribution in [0.5, 0.6) is 0 Å². The number of ether oxygens (including phenoxy) is 2. The first-order valence-electron chi connectivity index (χ1n) is 5.51. The molecule has 3 atom stereocenters. The van der Waals surface area contributed by atoms with Crippen LogP contribution in [0.3, 0.4) is 0 Å². The summed E-state index contributed by atoms with van der Waals surface area (Å²) in [6.45, 7) is 0. The first-order chi connectivity index (χ1) is 6.79. The Morgan fingerprint density at radius 3 is 2.57 bits per heavy atom. The minimum Gasteiger partial charge on any atom is -0.386 e. The Labute approximate surface area is 83.7 Å². The third kappa shape index (κ3) is 1.23. The Morgan fingerprint density at radius 1 is 1.07 bits per heavy atom. The van der Waals surface area contributed by atoms with Crippen molar-refractivity contribution in [2.45, 2.75) is 56.2 Å². The van der Waals surface area contributed by atoms with Crippen molar-refractivity contribution in [3.8, 4) is 0 Å². The molecule has 1 N–H and O–H groups in total.